The van der Waals surface area contributed by atoms with Gasteiger partial charge >= 0.3 is 5.97 Å². The number of Topliss-reactive ketones (excluding diaryl/α,β-unsaturated/α-hetero) is 1. The third kappa shape index (κ3) is 4.14. The van der Waals surface area contributed by atoms with Crippen LogP contribution in [0.15, 0.2) is 12.1 Å². The summed E-state index contributed by atoms with van der Waals surface area (Å²) in [5, 5.41) is 2.89. The maximum absolute atomic E-state index is 11.9. The van der Waals surface area contributed by atoms with Crippen LogP contribution in [0, 0.1) is 0 Å². The molecule has 0 saturated heterocycles. The topological polar surface area (TPSA) is 72.5 Å². The minimum Gasteiger partial charge on any atom is -0.448 e. The normalized spacial score (nSPS) is 16.5. The first-order valence-electron chi connectivity index (χ1n) is 7.09. The fraction of sp³-hybridized carbons (Fsp3) is 0.533. The summed E-state index contributed by atoms with van der Waals surface area (Å²) in [6.07, 6.45) is 3.39. The second kappa shape index (κ2) is 6.85. The zero-order valence-electron chi connectivity index (χ0n) is 12.2. The molecule has 1 aliphatic rings. The van der Waals surface area contributed by atoms with E-state index in [2.05, 4.69) is 5.32 Å². The number of esters is 1. The van der Waals surface area contributed by atoms with Crippen LogP contribution < -0.4 is 5.32 Å². The second-order valence-corrected chi connectivity index (χ2v) is 6.34. The van der Waals surface area contributed by atoms with Crippen molar-refractivity contribution in [3.8, 4) is 0 Å². The molecule has 1 unspecified atom stereocenters. The monoisotopic (exact) mass is 309 g/mol. The van der Waals surface area contributed by atoms with E-state index in [9.17, 15) is 14.4 Å². The number of amides is 1. The van der Waals surface area contributed by atoms with Crippen molar-refractivity contribution in [2.24, 2.45) is 0 Å². The molecule has 1 aromatic rings. The fourth-order valence-corrected chi connectivity index (χ4v) is 3.08. The highest BCUT2D eigenvalue weighted by atomic mass is 32.1. The minimum atomic E-state index is -0.832. The molecule has 1 aliphatic carbocycles. The van der Waals surface area contributed by atoms with Crippen LogP contribution in [0.25, 0.3) is 0 Å². The van der Waals surface area contributed by atoms with E-state index < -0.39 is 12.1 Å². The average Bonchev–Trinajstić information content (AvgIpc) is 3.09. The van der Waals surface area contributed by atoms with Crippen LogP contribution >= 0.6 is 11.3 Å². The van der Waals surface area contributed by atoms with E-state index in [4.69, 9.17) is 4.74 Å². The van der Waals surface area contributed by atoms with Gasteiger partial charge in [0, 0.05) is 6.04 Å². The molecule has 114 valence electrons. The maximum Gasteiger partial charge on any atom is 0.349 e. The lowest BCUT2D eigenvalue weighted by Gasteiger charge is -2.16. The third-order valence-electron chi connectivity index (χ3n) is 3.51. The van der Waals surface area contributed by atoms with Gasteiger partial charge in [-0.1, -0.05) is 12.8 Å². The highest BCUT2D eigenvalue weighted by Crippen LogP contribution is 2.19. The van der Waals surface area contributed by atoms with E-state index in [0.29, 0.717) is 9.75 Å². The zero-order valence-corrected chi connectivity index (χ0v) is 13.0. The van der Waals surface area contributed by atoms with Gasteiger partial charge in [-0.05, 0) is 38.8 Å². The molecule has 1 aromatic heterocycles. The molecule has 0 radical (unpaired) electrons. The van der Waals surface area contributed by atoms with E-state index >= 15 is 0 Å². The van der Waals surface area contributed by atoms with Gasteiger partial charge in [0.1, 0.15) is 4.88 Å². The molecule has 1 saturated carbocycles. The fourth-order valence-electron chi connectivity index (χ4n) is 2.30. The van der Waals surface area contributed by atoms with E-state index in [1.807, 2.05) is 0 Å². The standard InChI is InChI=1S/C15H19NO4S/c1-9(17)12-7-8-13(21-12)15(19)20-10(2)14(18)16-11-5-3-4-6-11/h7-8,10-11H,3-6H2,1-2H3,(H,16,18). The molecule has 0 aromatic carbocycles. The van der Waals surface area contributed by atoms with Gasteiger partial charge in [0.25, 0.3) is 5.91 Å². The summed E-state index contributed by atoms with van der Waals surface area (Å²) in [7, 11) is 0. The Morgan fingerprint density at radius 2 is 1.86 bits per heavy atom. The number of carbonyl (C=O) groups is 3. The molecule has 5 nitrogen and oxygen atoms in total. The van der Waals surface area contributed by atoms with Gasteiger partial charge in [0.05, 0.1) is 4.88 Å². The van der Waals surface area contributed by atoms with E-state index in [1.54, 1.807) is 19.1 Å². The van der Waals surface area contributed by atoms with Crippen molar-refractivity contribution in [1.82, 2.24) is 5.32 Å². The summed E-state index contributed by atoms with van der Waals surface area (Å²) < 4.78 is 5.15. The Morgan fingerprint density at radius 1 is 1.24 bits per heavy atom. The maximum atomic E-state index is 11.9. The third-order valence-corrected chi connectivity index (χ3v) is 4.67. The van der Waals surface area contributed by atoms with Gasteiger partial charge < -0.3 is 10.1 Å². The molecular weight excluding hydrogens is 290 g/mol. The summed E-state index contributed by atoms with van der Waals surface area (Å²) >= 11 is 1.08. The van der Waals surface area contributed by atoms with Gasteiger partial charge in [0.15, 0.2) is 11.9 Å². The lowest BCUT2D eigenvalue weighted by molar-refractivity contribution is -0.129. The molecule has 1 amide bonds. The number of nitrogens with one attached hydrogen (secondary N) is 1. The van der Waals surface area contributed by atoms with E-state index in [0.717, 1.165) is 37.0 Å². The zero-order chi connectivity index (χ0) is 15.4. The number of thiophene rings is 1. The number of hydrogen-bond donors (Lipinski definition) is 1. The Morgan fingerprint density at radius 3 is 2.43 bits per heavy atom. The van der Waals surface area contributed by atoms with E-state index in [-0.39, 0.29) is 17.7 Å². The number of hydrogen-bond acceptors (Lipinski definition) is 5. The predicted molar refractivity (Wildman–Crippen MR) is 79.6 cm³/mol. The van der Waals surface area contributed by atoms with Crippen LogP contribution in [-0.4, -0.2) is 29.8 Å². The summed E-state index contributed by atoms with van der Waals surface area (Å²) in [6, 6.07) is 3.34. The summed E-state index contributed by atoms with van der Waals surface area (Å²) in [6.45, 7) is 3.00. The Bertz CT molecular complexity index is 546. The van der Waals surface area contributed by atoms with Gasteiger partial charge in [-0.25, -0.2) is 4.79 Å². The highest BCUT2D eigenvalue weighted by molar-refractivity contribution is 7.15. The SMILES string of the molecule is CC(=O)c1ccc(C(=O)OC(C)C(=O)NC2CCCC2)s1. The molecule has 1 N–H and O–H groups in total. The largest absolute Gasteiger partial charge is 0.448 e. The molecule has 0 spiro atoms. The van der Waals surface area contributed by atoms with Crippen molar-refractivity contribution < 1.29 is 19.1 Å². The molecule has 21 heavy (non-hydrogen) atoms. The smallest absolute Gasteiger partial charge is 0.349 e. The van der Waals surface area contributed by atoms with Gasteiger partial charge in [-0.3, -0.25) is 9.59 Å². The summed E-state index contributed by atoms with van der Waals surface area (Å²) in [5.41, 5.74) is 0. The Balaban J connectivity index is 1.88. The first-order chi connectivity index (χ1) is 9.97. The van der Waals surface area contributed by atoms with Gasteiger partial charge in [-0.15, -0.1) is 11.3 Å². The quantitative estimate of drug-likeness (QED) is 0.670. The van der Waals surface area contributed by atoms with Gasteiger partial charge in [-0.2, -0.15) is 0 Å². The summed E-state index contributed by atoms with van der Waals surface area (Å²) in [4.78, 5) is 35.9. The van der Waals surface area contributed by atoms with Crippen LogP contribution in [0.3, 0.4) is 0 Å². The van der Waals surface area contributed by atoms with E-state index in [1.165, 1.54) is 6.92 Å². The van der Waals surface area contributed by atoms with Crippen LogP contribution in [-0.2, 0) is 9.53 Å². The highest BCUT2D eigenvalue weighted by Gasteiger charge is 2.24. The average molecular weight is 309 g/mol. The molecule has 1 atom stereocenters. The Kier molecular flexibility index (Phi) is 5.12. The van der Waals surface area contributed by atoms with Crippen molar-refractivity contribution >= 4 is 29.0 Å². The minimum absolute atomic E-state index is 0.0916. The Labute approximate surface area is 127 Å². The van der Waals surface area contributed by atoms with Crippen LogP contribution in [0.1, 0.15) is 58.9 Å². The molecule has 2 rings (SSSR count). The molecule has 6 heteroatoms. The number of ether oxygens (including phenoxy) is 1. The summed E-state index contributed by atoms with van der Waals surface area (Å²) in [5.74, 6) is -0.925. The van der Waals surface area contributed by atoms with Crippen molar-refractivity contribution in [1.29, 1.82) is 0 Å². The van der Waals surface area contributed by atoms with Gasteiger partial charge in [0.2, 0.25) is 0 Å². The van der Waals surface area contributed by atoms with Crippen LogP contribution in [0.4, 0.5) is 0 Å². The van der Waals surface area contributed by atoms with Crippen molar-refractivity contribution in [2.75, 3.05) is 0 Å². The Hall–Kier alpha value is -1.69. The lowest BCUT2D eigenvalue weighted by atomic mass is 10.2. The molecule has 0 aliphatic heterocycles. The van der Waals surface area contributed by atoms with Crippen molar-refractivity contribution in [2.45, 2.75) is 51.7 Å². The molecule has 1 heterocycles. The molecule has 1 fully saturated rings. The molecule has 0 bridgehead atoms. The number of ketones is 1. The number of rotatable bonds is 5. The number of carbonyl (C=O) groups excluding carboxylic acids is 3. The van der Waals surface area contributed by atoms with Crippen molar-refractivity contribution in [3.05, 3.63) is 21.9 Å². The second-order valence-electron chi connectivity index (χ2n) is 5.26. The van der Waals surface area contributed by atoms with Crippen molar-refractivity contribution in [3.63, 3.8) is 0 Å². The predicted octanol–water partition coefficient (Wildman–Crippen LogP) is 2.55. The molecular formula is C15H19NO4S. The van der Waals surface area contributed by atoms with Crippen LogP contribution in [0.2, 0.25) is 0 Å². The van der Waals surface area contributed by atoms with Crippen LogP contribution in [0.5, 0.6) is 0 Å². The first-order valence-corrected chi connectivity index (χ1v) is 7.91. The lowest BCUT2D eigenvalue weighted by Crippen LogP contribution is -2.40. The first kappa shape index (κ1) is 15.7.